The highest BCUT2D eigenvalue weighted by Crippen LogP contribution is 1.88. The minimum Gasteiger partial charge on any atom is -0.211 e. The molecule has 0 radical (unpaired) electrons. The quantitative estimate of drug-likeness (QED) is 0.406. The molecular weight excluding hydrogens is 102 g/mol. The van der Waals surface area contributed by atoms with Gasteiger partial charge in [-0.1, -0.05) is 31.7 Å². The van der Waals surface area contributed by atoms with Crippen LogP contribution in [0.4, 0.5) is 0 Å². The summed E-state index contributed by atoms with van der Waals surface area (Å²) < 4.78 is 2.63. The van der Waals surface area contributed by atoms with Crippen LogP contribution in [-0.4, -0.2) is 5.75 Å². The van der Waals surface area contributed by atoms with E-state index in [1.54, 1.807) is 11.9 Å². The molecule has 0 amide bonds. The monoisotopic (exact) mass is 109 g/mol. The third-order valence-electron chi connectivity index (χ3n) is 0.209. The van der Waals surface area contributed by atoms with E-state index in [-0.39, 0.29) is 0 Å². The summed E-state index contributed by atoms with van der Waals surface area (Å²) in [5, 5.41) is 0. The first kappa shape index (κ1) is 5.66. The first-order chi connectivity index (χ1) is 2.41. The number of hydrogen-bond donors (Lipinski definition) is 2. The zero-order valence-corrected chi connectivity index (χ0v) is 4.77. The molecule has 0 aliphatic rings. The van der Waals surface area contributed by atoms with Crippen molar-refractivity contribution < 1.29 is 0 Å². The zero-order chi connectivity index (χ0) is 4.12. The first-order valence-electron chi connectivity index (χ1n) is 1.42. The molecule has 0 saturated carbocycles. The van der Waals surface area contributed by atoms with Crippen LogP contribution in [0, 0.1) is 0 Å². The zero-order valence-electron chi connectivity index (χ0n) is 3.06. The number of hydrogen-bond acceptors (Lipinski definition) is 3. The topological polar surface area (TPSA) is 12.0 Å². The van der Waals surface area contributed by atoms with E-state index in [0.717, 1.165) is 5.75 Å². The van der Waals surface area contributed by atoms with Crippen molar-refractivity contribution in [2.45, 2.75) is 6.92 Å². The first-order valence-corrected chi connectivity index (χ1v) is 2.86. The summed E-state index contributed by atoms with van der Waals surface area (Å²) in [5.41, 5.74) is 0. The minimum absolute atomic E-state index is 1.07. The molecule has 0 aliphatic heterocycles. The highest BCUT2D eigenvalue weighted by molar-refractivity contribution is 8.06. The minimum atomic E-state index is 1.07. The summed E-state index contributed by atoms with van der Waals surface area (Å²) in [4.78, 5) is 0. The van der Waals surface area contributed by atoms with Crippen molar-refractivity contribution in [3.05, 3.63) is 0 Å². The van der Waals surface area contributed by atoms with E-state index < -0.39 is 0 Å². The normalized spacial score (nSPS) is 8.40. The molecule has 1 nitrogen and oxygen atoms in total. The van der Waals surface area contributed by atoms with Crippen LogP contribution in [-0.2, 0) is 0 Å². The second-order valence-electron chi connectivity index (χ2n) is 0.524. The Hall–Kier alpha value is 0.660. The van der Waals surface area contributed by atoms with Crippen molar-refractivity contribution >= 4 is 24.8 Å². The van der Waals surface area contributed by atoms with Crippen LogP contribution in [0.1, 0.15) is 6.92 Å². The molecule has 0 aromatic heterocycles. The Labute approximate surface area is 42.2 Å². The van der Waals surface area contributed by atoms with Gasteiger partial charge in [-0.25, -0.2) is 4.13 Å². The molecule has 0 aromatic carbocycles. The Morgan fingerprint density at radius 2 is 2.60 bits per heavy atom. The molecule has 0 bridgehead atoms. The van der Waals surface area contributed by atoms with E-state index in [1.807, 2.05) is 0 Å². The molecular formula is C2H7NS2. The maximum atomic E-state index is 3.71. The lowest BCUT2D eigenvalue weighted by Gasteiger charge is -1.82. The molecule has 0 atom stereocenters. The molecule has 0 saturated heterocycles. The van der Waals surface area contributed by atoms with E-state index in [4.69, 9.17) is 0 Å². The Kier molecular flexibility index (Phi) is 5.28. The second-order valence-corrected chi connectivity index (χ2v) is 2.12. The summed E-state index contributed by atoms with van der Waals surface area (Å²) in [6, 6.07) is 0. The van der Waals surface area contributed by atoms with Gasteiger partial charge in [-0.05, 0) is 0 Å². The van der Waals surface area contributed by atoms with Crippen LogP contribution in [0.5, 0.6) is 0 Å². The Bertz CT molecular complexity index is 15.1. The fraction of sp³-hybridized carbons (Fsp3) is 1.00. The largest absolute Gasteiger partial charge is 0.211 e. The van der Waals surface area contributed by atoms with Gasteiger partial charge in [0.1, 0.15) is 0 Å². The van der Waals surface area contributed by atoms with Crippen LogP contribution in [0.25, 0.3) is 0 Å². The van der Waals surface area contributed by atoms with Crippen LogP contribution < -0.4 is 4.13 Å². The molecule has 1 N–H and O–H groups in total. The standard InChI is InChI=1S/C2H7NS2/c1-2-5-3-4/h3-4H,2H2,1H3. The number of nitrogens with one attached hydrogen (secondary N) is 1. The van der Waals surface area contributed by atoms with E-state index in [0.29, 0.717) is 0 Å². The van der Waals surface area contributed by atoms with Gasteiger partial charge in [0.15, 0.2) is 0 Å². The van der Waals surface area contributed by atoms with Crippen molar-refractivity contribution in [1.82, 2.24) is 4.13 Å². The number of thiol groups is 1. The van der Waals surface area contributed by atoms with Crippen LogP contribution in [0.2, 0.25) is 0 Å². The smallest absolute Gasteiger partial charge is 0.00582 e. The SMILES string of the molecule is CCSNS. The molecule has 0 rings (SSSR count). The van der Waals surface area contributed by atoms with Gasteiger partial charge >= 0.3 is 0 Å². The lowest BCUT2D eigenvalue weighted by molar-refractivity contribution is 1.51. The average Bonchev–Trinajstić information content (AvgIpc) is 1.41. The van der Waals surface area contributed by atoms with Crippen molar-refractivity contribution in [2.75, 3.05) is 5.75 Å². The second kappa shape index (κ2) is 4.66. The van der Waals surface area contributed by atoms with Crippen molar-refractivity contribution in [1.29, 1.82) is 0 Å². The van der Waals surface area contributed by atoms with Gasteiger partial charge in [0.05, 0.1) is 0 Å². The lowest BCUT2D eigenvalue weighted by atomic mass is 11.0. The highest BCUT2D eigenvalue weighted by Gasteiger charge is 1.65. The molecule has 0 heterocycles. The Morgan fingerprint density at radius 1 is 2.00 bits per heavy atom. The molecule has 0 aromatic rings. The molecule has 0 unspecified atom stereocenters. The van der Waals surface area contributed by atoms with Gasteiger partial charge in [-0.2, -0.15) is 0 Å². The summed E-state index contributed by atoms with van der Waals surface area (Å²) in [6.07, 6.45) is 0. The van der Waals surface area contributed by atoms with E-state index in [1.165, 1.54) is 0 Å². The van der Waals surface area contributed by atoms with E-state index in [9.17, 15) is 0 Å². The van der Waals surface area contributed by atoms with Gasteiger partial charge < -0.3 is 0 Å². The van der Waals surface area contributed by atoms with Crippen molar-refractivity contribution in [3.63, 3.8) is 0 Å². The van der Waals surface area contributed by atoms with Crippen molar-refractivity contribution in [3.8, 4) is 0 Å². The fourth-order valence-corrected chi connectivity index (χ4v) is 0.581. The molecule has 0 aliphatic carbocycles. The average molecular weight is 109 g/mol. The molecule has 32 valence electrons. The predicted octanol–water partition coefficient (Wildman–Crippen LogP) is 1.09. The third kappa shape index (κ3) is 4.66. The number of rotatable bonds is 2. The highest BCUT2D eigenvalue weighted by atomic mass is 32.2. The van der Waals surface area contributed by atoms with Crippen molar-refractivity contribution in [2.24, 2.45) is 0 Å². The predicted molar refractivity (Wildman–Crippen MR) is 30.3 cm³/mol. The van der Waals surface area contributed by atoms with Gasteiger partial charge in [0, 0.05) is 5.75 Å². The summed E-state index contributed by atoms with van der Waals surface area (Å²) in [5.74, 6) is 1.07. The fourth-order valence-electron chi connectivity index (χ4n) is 0.0645. The molecule has 0 spiro atoms. The van der Waals surface area contributed by atoms with Crippen LogP contribution in [0.3, 0.4) is 0 Å². The summed E-state index contributed by atoms with van der Waals surface area (Å²) >= 11 is 5.29. The lowest BCUT2D eigenvalue weighted by Crippen LogP contribution is -1.79. The van der Waals surface area contributed by atoms with Gasteiger partial charge in [-0.15, -0.1) is 0 Å². The molecule has 5 heavy (non-hydrogen) atoms. The third-order valence-corrected chi connectivity index (χ3v) is 1.01. The van der Waals surface area contributed by atoms with Gasteiger partial charge in [0.2, 0.25) is 0 Å². The van der Waals surface area contributed by atoms with E-state index in [2.05, 4.69) is 23.9 Å². The van der Waals surface area contributed by atoms with Gasteiger partial charge in [0.25, 0.3) is 0 Å². The summed E-state index contributed by atoms with van der Waals surface area (Å²) in [6.45, 7) is 2.06. The molecule has 0 fully saturated rings. The Morgan fingerprint density at radius 3 is 2.60 bits per heavy atom. The maximum absolute atomic E-state index is 3.71. The Balaban J connectivity index is 2.19. The van der Waals surface area contributed by atoms with Gasteiger partial charge in [-0.3, -0.25) is 0 Å². The summed E-state index contributed by atoms with van der Waals surface area (Å²) in [7, 11) is 0. The van der Waals surface area contributed by atoms with Crippen LogP contribution in [0.15, 0.2) is 0 Å². The van der Waals surface area contributed by atoms with Crippen LogP contribution >= 0.6 is 24.8 Å². The maximum Gasteiger partial charge on any atom is 0.00582 e. The molecule has 3 heteroatoms. The van der Waals surface area contributed by atoms with E-state index >= 15 is 0 Å².